The second kappa shape index (κ2) is 8.44. The fourth-order valence-corrected chi connectivity index (χ4v) is 2.27. The van der Waals surface area contributed by atoms with Crippen molar-refractivity contribution in [3.8, 4) is 0 Å². The molecule has 7 heteroatoms. The molecule has 1 aromatic heterocycles. The van der Waals surface area contributed by atoms with Gasteiger partial charge in [0.05, 0.1) is 17.9 Å². The lowest BCUT2D eigenvalue weighted by Gasteiger charge is -2.20. The van der Waals surface area contributed by atoms with Crippen molar-refractivity contribution in [2.24, 2.45) is 0 Å². The van der Waals surface area contributed by atoms with Crippen LogP contribution in [0.25, 0.3) is 0 Å². The molecule has 0 aliphatic rings. The molecule has 0 radical (unpaired) electrons. The number of carbonyl (C=O) groups is 3. The van der Waals surface area contributed by atoms with Crippen molar-refractivity contribution in [1.29, 1.82) is 0 Å². The van der Waals surface area contributed by atoms with E-state index in [9.17, 15) is 14.4 Å². The van der Waals surface area contributed by atoms with E-state index in [4.69, 9.17) is 4.74 Å². The summed E-state index contributed by atoms with van der Waals surface area (Å²) < 4.78 is 4.99. The van der Waals surface area contributed by atoms with Crippen molar-refractivity contribution in [2.75, 3.05) is 11.9 Å². The van der Waals surface area contributed by atoms with E-state index in [1.165, 1.54) is 18.3 Å². The highest BCUT2D eigenvalue weighted by Gasteiger charge is 2.19. The van der Waals surface area contributed by atoms with Crippen LogP contribution >= 0.6 is 0 Å². The van der Waals surface area contributed by atoms with Gasteiger partial charge in [0.15, 0.2) is 0 Å². The molecule has 0 bridgehead atoms. The van der Waals surface area contributed by atoms with E-state index in [2.05, 4.69) is 15.6 Å². The number of pyridine rings is 1. The Balaban J connectivity index is 2.22. The SMILES string of the molecule is CCOC(=O)c1ccccc1NC(=O)c1cc(C(=O)NC(C)(C)C)ccn1. The fourth-order valence-electron chi connectivity index (χ4n) is 2.27. The number of hydrogen-bond donors (Lipinski definition) is 2. The maximum Gasteiger partial charge on any atom is 0.340 e. The summed E-state index contributed by atoms with van der Waals surface area (Å²) in [6, 6.07) is 9.47. The quantitative estimate of drug-likeness (QED) is 0.790. The first kappa shape index (κ1) is 20.1. The number of rotatable bonds is 5. The summed E-state index contributed by atoms with van der Waals surface area (Å²) in [5.41, 5.74) is 0.544. The van der Waals surface area contributed by atoms with Crippen molar-refractivity contribution >= 4 is 23.5 Å². The third-order valence-corrected chi connectivity index (χ3v) is 3.41. The first-order chi connectivity index (χ1) is 12.7. The van der Waals surface area contributed by atoms with Gasteiger partial charge in [-0.1, -0.05) is 12.1 Å². The minimum absolute atomic E-state index is 0.0650. The predicted molar refractivity (Wildman–Crippen MR) is 102 cm³/mol. The summed E-state index contributed by atoms with van der Waals surface area (Å²) in [6.45, 7) is 7.54. The molecule has 27 heavy (non-hydrogen) atoms. The molecule has 7 nitrogen and oxygen atoms in total. The first-order valence-corrected chi connectivity index (χ1v) is 8.57. The molecular formula is C20H23N3O4. The number of nitrogens with one attached hydrogen (secondary N) is 2. The van der Waals surface area contributed by atoms with Crippen molar-refractivity contribution in [3.05, 3.63) is 59.4 Å². The van der Waals surface area contributed by atoms with Crippen molar-refractivity contribution in [1.82, 2.24) is 10.3 Å². The van der Waals surface area contributed by atoms with Gasteiger partial charge >= 0.3 is 5.97 Å². The summed E-state index contributed by atoms with van der Waals surface area (Å²) >= 11 is 0. The van der Waals surface area contributed by atoms with E-state index in [0.717, 1.165) is 0 Å². The van der Waals surface area contributed by atoms with Crippen LogP contribution in [-0.2, 0) is 4.74 Å². The van der Waals surface area contributed by atoms with Gasteiger partial charge in [0.1, 0.15) is 5.69 Å². The molecule has 0 spiro atoms. The molecular weight excluding hydrogens is 346 g/mol. The lowest BCUT2D eigenvalue weighted by atomic mass is 10.1. The number of ether oxygens (including phenoxy) is 1. The molecule has 0 fully saturated rings. The third kappa shape index (κ3) is 5.64. The van der Waals surface area contributed by atoms with Gasteiger partial charge in [-0.05, 0) is 52.0 Å². The second-order valence-electron chi connectivity index (χ2n) is 6.85. The molecule has 1 aromatic carbocycles. The van der Waals surface area contributed by atoms with Gasteiger partial charge < -0.3 is 15.4 Å². The minimum Gasteiger partial charge on any atom is -0.462 e. The molecule has 0 saturated carbocycles. The normalized spacial score (nSPS) is 10.8. The van der Waals surface area contributed by atoms with Gasteiger partial charge in [0.25, 0.3) is 11.8 Å². The molecule has 0 aliphatic carbocycles. The highest BCUT2D eigenvalue weighted by Crippen LogP contribution is 2.17. The molecule has 2 rings (SSSR count). The van der Waals surface area contributed by atoms with Crippen LogP contribution in [0, 0.1) is 0 Å². The molecule has 2 aromatic rings. The monoisotopic (exact) mass is 369 g/mol. The molecule has 0 unspecified atom stereocenters. The predicted octanol–water partition coefficient (Wildman–Crippen LogP) is 3.04. The lowest BCUT2D eigenvalue weighted by Crippen LogP contribution is -2.40. The fraction of sp³-hybridized carbons (Fsp3) is 0.300. The largest absolute Gasteiger partial charge is 0.462 e. The Morgan fingerprint density at radius 1 is 1.07 bits per heavy atom. The molecule has 1 heterocycles. The number of amides is 2. The molecule has 0 aliphatic heterocycles. The maximum absolute atomic E-state index is 12.5. The van der Waals surface area contributed by atoms with E-state index < -0.39 is 17.4 Å². The molecule has 0 atom stereocenters. The Bertz CT molecular complexity index is 856. The zero-order valence-electron chi connectivity index (χ0n) is 15.8. The number of para-hydroxylation sites is 1. The van der Waals surface area contributed by atoms with Gasteiger partial charge in [0.2, 0.25) is 0 Å². The molecule has 0 saturated heterocycles. The van der Waals surface area contributed by atoms with Crippen LogP contribution < -0.4 is 10.6 Å². The Labute approximate surface area is 158 Å². The summed E-state index contributed by atoms with van der Waals surface area (Å²) in [4.78, 5) is 40.9. The number of aromatic nitrogens is 1. The Hall–Kier alpha value is -3.22. The number of esters is 1. The van der Waals surface area contributed by atoms with Crippen LogP contribution in [0.4, 0.5) is 5.69 Å². The van der Waals surface area contributed by atoms with E-state index in [-0.39, 0.29) is 23.8 Å². The van der Waals surface area contributed by atoms with Crippen LogP contribution in [0.15, 0.2) is 42.6 Å². The van der Waals surface area contributed by atoms with Gasteiger partial charge in [0, 0.05) is 17.3 Å². The summed E-state index contributed by atoms with van der Waals surface area (Å²) in [5, 5.41) is 5.48. The van der Waals surface area contributed by atoms with E-state index in [0.29, 0.717) is 11.3 Å². The molecule has 2 N–H and O–H groups in total. The number of nitrogens with zero attached hydrogens (tertiary/aromatic N) is 1. The van der Waals surface area contributed by atoms with Crippen LogP contribution in [0.2, 0.25) is 0 Å². The maximum atomic E-state index is 12.5. The highest BCUT2D eigenvalue weighted by atomic mass is 16.5. The topological polar surface area (TPSA) is 97.4 Å². The van der Waals surface area contributed by atoms with E-state index >= 15 is 0 Å². The summed E-state index contributed by atoms with van der Waals surface area (Å²) in [6.07, 6.45) is 1.39. The molecule has 142 valence electrons. The third-order valence-electron chi connectivity index (χ3n) is 3.41. The average molecular weight is 369 g/mol. The Morgan fingerprint density at radius 3 is 2.44 bits per heavy atom. The summed E-state index contributed by atoms with van der Waals surface area (Å²) in [7, 11) is 0. The van der Waals surface area contributed by atoms with Gasteiger partial charge in [-0.3, -0.25) is 14.6 Å². The number of carbonyl (C=O) groups excluding carboxylic acids is 3. The van der Waals surface area contributed by atoms with Crippen molar-refractivity contribution in [2.45, 2.75) is 33.2 Å². The zero-order chi connectivity index (χ0) is 20.0. The summed E-state index contributed by atoms with van der Waals surface area (Å²) in [5.74, 6) is -1.36. The van der Waals surface area contributed by atoms with Gasteiger partial charge in [-0.2, -0.15) is 0 Å². The molecule has 2 amide bonds. The highest BCUT2D eigenvalue weighted by molar-refractivity contribution is 6.08. The van der Waals surface area contributed by atoms with Crippen LogP contribution in [0.1, 0.15) is 58.9 Å². The zero-order valence-corrected chi connectivity index (χ0v) is 15.8. The van der Waals surface area contributed by atoms with Crippen LogP contribution in [0.3, 0.4) is 0 Å². The number of benzene rings is 1. The van der Waals surface area contributed by atoms with Crippen molar-refractivity contribution < 1.29 is 19.1 Å². The Morgan fingerprint density at radius 2 is 1.78 bits per heavy atom. The van der Waals surface area contributed by atoms with Crippen molar-refractivity contribution in [3.63, 3.8) is 0 Å². The first-order valence-electron chi connectivity index (χ1n) is 8.57. The minimum atomic E-state index is -0.530. The Kier molecular flexibility index (Phi) is 6.28. The second-order valence-corrected chi connectivity index (χ2v) is 6.85. The van der Waals surface area contributed by atoms with Gasteiger partial charge in [-0.15, -0.1) is 0 Å². The standard InChI is InChI=1S/C20H23N3O4/c1-5-27-19(26)14-8-6-7-9-15(14)22-18(25)16-12-13(10-11-21-16)17(24)23-20(2,3)4/h6-12H,5H2,1-4H3,(H,22,25)(H,23,24). The van der Waals surface area contributed by atoms with Crippen LogP contribution in [-0.4, -0.2) is 34.9 Å². The number of hydrogen-bond acceptors (Lipinski definition) is 5. The van der Waals surface area contributed by atoms with Gasteiger partial charge in [-0.25, -0.2) is 4.79 Å². The number of anilines is 1. The smallest absolute Gasteiger partial charge is 0.340 e. The van der Waals surface area contributed by atoms with E-state index in [1.54, 1.807) is 31.2 Å². The van der Waals surface area contributed by atoms with Crippen LogP contribution in [0.5, 0.6) is 0 Å². The van der Waals surface area contributed by atoms with E-state index in [1.807, 2.05) is 20.8 Å². The lowest BCUT2D eigenvalue weighted by molar-refractivity contribution is 0.0527. The average Bonchev–Trinajstić information content (AvgIpc) is 2.61.